The molecule has 0 atom stereocenters. The molecule has 1 aromatic carbocycles. The number of aliphatic hydroxyl groups excluding tert-OH is 1. The van der Waals surface area contributed by atoms with Gasteiger partial charge in [0, 0.05) is 17.8 Å². The van der Waals surface area contributed by atoms with Gasteiger partial charge in [0.2, 0.25) is 0 Å². The summed E-state index contributed by atoms with van der Waals surface area (Å²) in [5, 5.41) is 12.4. The van der Waals surface area contributed by atoms with E-state index in [4.69, 9.17) is 15.6 Å². The van der Waals surface area contributed by atoms with Gasteiger partial charge in [-0.3, -0.25) is 0 Å². The number of rotatable bonds is 1. The molecule has 0 aliphatic carbocycles. The molecule has 14 heavy (non-hydrogen) atoms. The molecule has 2 rings (SSSR count). The third-order valence-electron chi connectivity index (χ3n) is 2.24. The molecule has 4 N–H and O–H groups in total. The number of nitrogens with two attached hydrogens (primary N) is 1. The highest BCUT2D eigenvalue weighted by atomic mass is 16.5. The van der Waals surface area contributed by atoms with Crippen molar-refractivity contribution in [2.24, 2.45) is 0 Å². The van der Waals surface area contributed by atoms with E-state index in [0.717, 1.165) is 30.0 Å². The second-order valence-electron chi connectivity index (χ2n) is 3.34. The molecule has 1 aliphatic heterocycles. The second kappa shape index (κ2) is 3.75. The van der Waals surface area contributed by atoms with E-state index in [1.54, 1.807) is 6.07 Å². The van der Waals surface area contributed by atoms with Crippen molar-refractivity contribution in [3.8, 4) is 5.75 Å². The van der Waals surface area contributed by atoms with Crippen molar-refractivity contribution in [1.29, 1.82) is 0 Å². The molecule has 0 radical (unpaired) electrons. The van der Waals surface area contributed by atoms with Crippen LogP contribution in [-0.4, -0.2) is 18.3 Å². The first-order chi connectivity index (χ1) is 6.81. The molecule has 0 saturated carbocycles. The lowest BCUT2D eigenvalue weighted by Crippen LogP contribution is -2.00. The highest BCUT2D eigenvalue weighted by Gasteiger charge is 2.13. The van der Waals surface area contributed by atoms with E-state index in [-0.39, 0.29) is 6.61 Å². The molecular weight excluding hydrogens is 180 g/mol. The number of anilines is 2. The van der Waals surface area contributed by atoms with Crippen LogP contribution in [0.5, 0.6) is 5.75 Å². The minimum Gasteiger partial charge on any atom is -0.491 e. The van der Waals surface area contributed by atoms with Crippen molar-refractivity contribution >= 4 is 11.4 Å². The second-order valence-corrected chi connectivity index (χ2v) is 3.34. The van der Waals surface area contributed by atoms with Crippen molar-refractivity contribution in [3.63, 3.8) is 0 Å². The average Bonchev–Trinajstić information content (AvgIpc) is 2.41. The minimum atomic E-state index is -0.0466. The van der Waals surface area contributed by atoms with E-state index in [1.165, 1.54) is 0 Å². The van der Waals surface area contributed by atoms with Crippen molar-refractivity contribution in [2.45, 2.75) is 13.0 Å². The average molecular weight is 194 g/mol. The predicted octanol–water partition coefficient (Wildman–Crippen LogP) is 0.956. The van der Waals surface area contributed by atoms with E-state index in [2.05, 4.69) is 5.32 Å². The first-order valence-electron chi connectivity index (χ1n) is 4.71. The highest BCUT2D eigenvalue weighted by molar-refractivity contribution is 5.67. The van der Waals surface area contributed by atoms with Crippen LogP contribution in [0.2, 0.25) is 0 Å². The lowest BCUT2D eigenvalue weighted by molar-refractivity contribution is 0.265. The maximum Gasteiger partial charge on any atom is 0.148 e. The number of benzene rings is 1. The first-order valence-corrected chi connectivity index (χ1v) is 4.71. The molecule has 0 bridgehead atoms. The summed E-state index contributed by atoms with van der Waals surface area (Å²) < 4.78 is 5.55. The van der Waals surface area contributed by atoms with E-state index >= 15 is 0 Å². The molecule has 1 aliphatic rings. The third-order valence-corrected chi connectivity index (χ3v) is 2.24. The van der Waals surface area contributed by atoms with Crippen LogP contribution in [0.3, 0.4) is 0 Å². The summed E-state index contributed by atoms with van der Waals surface area (Å²) in [7, 11) is 0. The summed E-state index contributed by atoms with van der Waals surface area (Å²) in [5.74, 6) is 0.735. The van der Waals surface area contributed by atoms with Gasteiger partial charge in [0.25, 0.3) is 0 Å². The number of fused-ring (bicyclic) bond motifs is 1. The van der Waals surface area contributed by atoms with Gasteiger partial charge in [-0.25, -0.2) is 0 Å². The Balaban J connectivity index is 2.46. The number of hydrogen-bond donors (Lipinski definition) is 3. The smallest absolute Gasteiger partial charge is 0.148 e. The van der Waals surface area contributed by atoms with Crippen molar-refractivity contribution in [3.05, 3.63) is 17.7 Å². The van der Waals surface area contributed by atoms with Crippen LogP contribution in [0.25, 0.3) is 0 Å². The zero-order valence-electron chi connectivity index (χ0n) is 7.92. The normalized spacial score (nSPS) is 14.9. The summed E-state index contributed by atoms with van der Waals surface area (Å²) in [6, 6.07) is 3.58. The molecule has 0 fully saturated rings. The fourth-order valence-corrected chi connectivity index (χ4v) is 1.60. The number of ether oxygens (including phenoxy) is 1. The Morgan fingerprint density at radius 1 is 1.50 bits per heavy atom. The molecule has 4 heteroatoms. The summed E-state index contributed by atoms with van der Waals surface area (Å²) >= 11 is 0. The van der Waals surface area contributed by atoms with Crippen LogP contribution in [0, 0.1) is 0 Å². The number of nitrogen functional groups attached to an aromatic ring is 1. The molecule has 0 amide bonds. The van der Waals surface area contributed by atoms with Crippen LogP contribution in [0.4, 0.5) is 11.4 Å². The van der Waals surface area contributed by atoms with Gasteiger partial charge >= 0.3 is 0 Å². The third kappa shape index (κ3) is 1.61. The largest absolute Gasteiger partial charge is 0.491 e. The summed E-state index contributed by atoms with van der Waals surface area (Å²) in [5.41, 5.74) is 7.97. The fraction of sp³-hybridized carbons (Fsp3) is 0.400. The Bertz CT molecular complexity index is 339. The quantitative estimate of drug-likeness (QED) is 0.582. The number of nitrogens with one attached hydrogen (secondary N) is 1. The summed E-state index contributed by atoms with van der Waals surface area (Å²) in [6.07, 6.45) is 0.958. The number of aliphatic hydroxyl groups is 1. The van der Waals surface area contributed by atoms with Gasteiger partial charge in [-0.1, -0.05) is 0 Å². The standard InChI is InChI=1S/C10H14N2O2/c11-8-4-7(6-13)10-9(5-8)12-2-1-3-14-10/h4-5,12-13H,1-3,6,11H2. The Hall–Kier alpha value is -1.42. The van der Waals surface area contributed by atoms with Crippen molar-refractivity contribution in [1.82, 2.24) is 0 Å². The van der Waals surface area contributed by atoms with E-state index < -0.39 is 0 Å². The molecular formula is C10H14N2O2. The maximum absolute atomic E-state index is 9.15. The predicted molar refractivity (Wildman–Crippen MR) is 55.4 cm³/mol. The van der Waals surface area contributed by atoms with Crippen LogP contribution in [-0.2, 0) is 6.61 Å². The Labute approximate surface area is 82.7 Å². The Morgan fingerprint density at radius 3 is 3.14 bits per heavy atom. The van der Waals surface area contributed by atoms with Crippen LogP contribution in [0.15, 0.2) is 12.1 Å². The number of hydrogen-bond acceptors (Lipinski definition) is 4. The van der Waals surface area contributed by atoms with E-state index in [1.807, 2.05) is 6.07 Å². The Kier molecular flexibility index (Phi) is 2.45. The topological polar surface area (TPSA) is 67.5 Å². The van der Waals surface area contributed by atoms with E-state index in [0.29, 0.717) is 12.3 Å². The molecule has 1 heterocycles. The van der Waals surface area contributed by atoms with Gasteiger partial charge < -0.3 is 20.9 Å². The highest BCUT2D eigenvalue weighted by Crippen LogP contribution is 2.33. The SMILES string of the molecule is Nc1cc(CO)c2c(c1)NCCCO2. The zero-order chi connectivity index (χ0) is 9.97. The molecule has 1 aromatic rings. The lowest BCUT2D eigenvalue weighted by Gasteiger charge is -2.12. The van der Waals surface area contributed by atoms with Crippen LogP contribution < -0.4 is 15.8 Å². The Morgan fingerprint density at radius 2 is 2.36 bits per heavy atom. The van der Waals surface area contributed by atoms with Gasteiger partial charge in [-0.2, -0.15) is 0 Å². The lowest BCUT2D eigenvalue weighted by atomic mass is 10.1. The van der Waals surface area contributed by atoms with Crippen molar-refractivity contribution < 1.29 is 9.84 Å². The molecule has 0 aromatic heterocycles. The van der Waals surface area contributed by atoms with Gasteiger partial charge in [0.1, 0.15) is 5.75 Å². The fourth-order valence-electron chi connectivity index (χ4n) is 1.60. The monoisotopic (exact) mass is 194 g/mol. The van der Waals surface area contributed by atoms with Gasteiger partial charge in [0.05, 0.1) is 18.9 Å². The summed E-state index contributed by atoms with van der Waals surface area (Å²) in [4.78, 5) is 0. The molecule has 0 saturated heterocycles. The summed E-state index contributed by atoms with van der Waals surface area (Å²) in [6.45, 7) is 1.51. The van der Waals surface area contributed by atoms with Gasteiger partial charge in [-0.05, 0) is 18.6 Å². The van der Waals surface area contributed by atoms with Crippen molar-refractivity contribution in [2.75, 3.05) is 24.2 Å². The zero-order valence-corrected chi connectivity index (χ0v) is 7.92. The molecule has 0 unspecified atom stereocenters. The molecule has 4 nitrogen and oxygen atoms in total. The van der Waals surface area contributed by atoms with Crippen LogP contribution in [0.1, 0.15) is 12.0 Å². The molecule has 0 spiro atoms. The first kappa shape index (κ1) is 9.15. The molecule has 76 valence electrons. The van der Waals surface area contributed by atoms with Crippen LogP contribution >= 0.6 is 0 Å². The maximum atomic E-state index is 9.15. The van der Waals surface area contributed by atoms with Gasteiger partial charge in [0.15, 0.2) is 0 Å². The van der Waals surface area contributed by atoms with Gasteiger partial charge in [-0.15, -0.1) is 0 Å². The van der Waals surface area contributed by atoms with E-state index in [9.17, 15) is 0 Å². The minimum absolute atomic E-state index is 0.0466.